The molecule has 78 valence electrons. The number of rotatable bonds is 4. The van der Waals surface area contributed by atoms with Crippen LogP contribution in [0.4, 0.5) is 0 Å². The molecule has 0 spiro atoms. The molecule has 0 radical (unpaired) electrons. The summed E-state index contributed by atoms with van der Waals surface area (Å²) in [5.41, 5.74) is 0. The molecule has 0 aliphatic carbocycles. The van der Waals surface area contributed by atoms with Crippen LogP contribution in [0.15, 0.2) is 12.7 Å². The monoisotopic (exact) mass is 197 g/mol. The highest BCUT2D eigenvalue weighted by Crippen LogP contribution is 2.05. The third kappa shape index (κ3) is 3.30. The normalized spacial score (nSPS) is 16.9. The summed E-state index contributed by atoms with van der Waals surface area (Å²) in [5.74, 6) is 0.195. The van der Waals surface area contributed by atoms with Gasteiger partial charge < -0.3 is 9.64 Å². The Kier molecular flexibility index (Phi) is 4.32. The summed E-state index contributed by atoms with van der Waals surface area (Å²) in [6.07, 6.45) is 2.56. The number of carbonyl (C=O) groups excluding carboxylic acids is 2. The minimum atomic E-state index is -0.0423. The summed E-state index contributed by atoms with van der Waals surface area (Å²) in [6.45, 7) is 5.03. The Balaban J connectivity index is 2.23. The van der Waals surface area contributed by atoms with Crippen LogP contribution in [-0.2, 0) is 14.3 Å². The molecule has 0 bridgehead atoms. The van der Waals surface area contributed by atoms with Crippen LogP contribution in [0.5, 0.6) is 0 Å². The molecule has 1 saturated heterocycles. The van der Waals surface area contributed by atoms with Crippen LogP contribution in [0.3, 0.4) is 0 Å². The Morgan fingerprint density at radius 3 is 2.71 bits per heavy atom. The average molecular weight is 197 g/mol. The fourth-order valence-electron chi connectivity index (χ4n) is 1.33. The van der Waals surface area contributed by atoms with Crippen LogP contribution in [-0.4, -0.2) is 42.9 Å². The number of likely N-dealkylation sites (tertiary alicyclic amines) is 1. The van der Waals surface area contributed by atoms with Gasteiger partial charge in [0.2, 0.25) is 5.91 Å². The fourth-order valence-corrected chi connectivity index (χ4v) is 1.33. The standard InChI is InChI=1S/C10H15NO3/c1-2-7-14-8-10(13)11-5-3-9(12)4-6-11/h2H,1,3-8H2. The number of nitrogens with zero attached hydrogens (tertiary/aromatic N) is 1. The Morgan fingerprint density at radius 1 is 1.50 bits per heavy atom. The molecule has 1 aliphatic rings. The lowest BCUT2D eigenvalue weighted by Crippen LogP contribution is -2.40. The molecule has 4 heteroatoms. The van der Waals surface area contributed by atoms with Crippen molar-refractivity contribution in [3.8, 4) is 0 Å². The van der Waals surface area contributed by atoms with E-state index >= 15 is 0 Å². The molecule has 14 heavy (non-hydrogen) atoms. The summed E-state index contributed by atoms with van der Waals surface area (Å²) in [4.78, 5) is 24.0. The molecule has 1 fully saturated rings. The predicted octanol–water partition coefficient (Wildman–Crippen LogP) is 0.380. The number of hydrogen-bond donors (Lipinski definition) is 0. The maximum atomic E-state index is 11.4. The van der Waals surface area contributed by atoms with Gasteiger partial charge in [0.15, 0.2) is 0 Å². The molecule has 0 unspecified atom stereocenters. The van der Waals surface area contributed by atoms with Crippen molar-refractivity contribution in [3.63, 3.8) is 0 Å². The molecule has 1 amide bonds. The number of amides is 1. The van der Waals surface area contributed by atoms with E-state index in [2.05, 4.69) is 6.58 Å². The number of piperidine rings is 1. The second kappa shape index (κ2) is 5.54. The molecule has 0 N–H and O–H groups in total. The third-order valence-corrected chi connectivity index (χ3v) is 2.14. The number of ketones is 1. The summed E-state index contributed by atoms with van der Waals surface area (Å²) in [7, 11) is 0. The second-order valence-corrected chi connectivity index (χ2v) is 3.22. The van der Waals surface area contributed by atoms with Crippen molar-refractivity contribution in [1.82, 2.24) is 4.90 Å². The third-order valence-electron chi connectivity index (χ3n) is 2.14. The molecule has 1 heterocycles. The first-order valence-electron chi connectivity index (χ1n) is 4.72. The minimum absolute atomic E-state index is 0.0423. The highest BCUT2D eigenvalue weighted by Gasteiger charge is 2.20. The van der Waals surface area contributed by atoms with Gasteiger partial charge in [-0.2, -0.15) is 0 Å². The summed E-state index contributed by atoms with van der Waals surface area (Å²) >= 11 is 0. The van der Waals surface area contributed by atoms with E-state index in [1.54, 1.807) is 11.0 Å². The van der Waals surface area contributed by atoms with Crippen molar-refractivity contribution in [1.29, 1.82) is 0 Å². The highest BCUT2D eigenvalue weighted by atomic mass is 16.5. The molecule has 1 aliphatic heterocycles. The summed E-state index contributed by atoms with van der Waals surface area (Å²) in [5, 5.41) is 0. The molecule has 0 atom stereocenters. The lowest BCUT2D eigenvalue weighted by molar-refractivity contribution is -0.138. The van der Waals surface area contributed by atoms with E-state index in [4.69, 9.17) is 4.74 Å². The Bertz CT molecular complexity index is 228. The Labute approximate surface area is 83.5 Å². The van der Waals surface area contributed by atoms with Crippen molar-refractivity contribution < 1.29 is 14.3 Å². The van der Waals surface area contributed by atoms with Gasteiger partial charge in [0.1, 0.15) is 12.4 Å². The van der Waals surface area contributed by atoms with Gasteiger partial charge in [-0.3, -0.25) is 9.59 Å². The first kappa shape index (κ1) is 10.9. The second-order valence-electron chi connectivity index (χ2n) is 3.22. The smallest absolute Gasteiger partial charge is 0.248 e. The van der Waals surface area contributed by atoms with Gasteiger partial charge in [-0.15, -0.1) is 6.58 Å². The summed E-state index contributed by atoms with van der Waals surface area (Å²) in [6, 6.07) is 0. The van der Waals surface area contributed by atoms with Gasteiger partial charge in [-0.25, -0.2) is 0 Å². The molecule has 4 nitrogen and oxygen atoms in total. The number of Topliss-reactive ketones (excluding diaryl/α,β-unsaturated/α-hetero) is 1. The van der Waals surface area contributed by atoms with Gasteiger partial charge >= 0.3 is 0 Å². The van der Waals surface area contributed by atoms with Crippen LogP contribution in [0.2, 0.25) is 0 Å². The highest BCUT2D eigenvalue weighted by molar-refractivity contribution is 5.83. The molecule has 0 saturated carbocycles. The van der Waals surface area contributed by atoms with Crippen LogP contribution in [0, 0.1) is 0 Å². The van der Waals surface area contributed by atoms with Crippen LogP contribution in [0.25, 0.3) is 0 Å². The van der Waals surface area contributed by atoms with Gasteiger partial charge in [0, 0.05) is 25.9 Å². The van der Waals surface area contributed by atoms with Crippen molar-refractivity contribution >= 4 is 11.7 Å². The van der Waals surface area contributed by atoms with E-state index in [0.717, 1.165) is 0 Å². The molecule has 0 aromatic heterocycles. The zero-order chi connectivity index (χ0) is 10.4. The zero-order valence-corrected chi connectivity index (χ0v) is 8.20. The SMILES string of the molecule is C=CCOCC(=O)N1CCC(=O)CC1. The van der Waals surface area contributed by atoms with E-state index < -0.39 is 0 Å². The van der Waals surface area contributed by atoms with Gasteiger partial charge in [0.25, 0.3) is 0 Å². The quantitative estimate of drug-likeness (QED) is 0.483. The number of ether oxygens (including phenoxy) is 1. The Morgan fingerprint density at radius 2 is 2.14 bits per heavy atom. The van der Waals surface area contributed by atoms with Crippen LogP contribution >= 0.6 is 0 Å². The predicted molar refractivity (Wildman–Crippen MR) is 51.8 cm³/mol. The largest absolute Gasteiger partial charge is 0.368 e. The molecular weight excluding hydrogens is 182 g/mol. The van der Waals surface area contributed by atoms with Gasteiger partial charge in [-0.05, 0) is 0 Å². The number of carbonyl (C=O) groups is 2. The van der Waals surface area contributed by atoms with Crippen molar-refractivity contribution in [2.24, 2.45) is 0 Å². The van der Waals surface area contributed by atoms with Gasteiger partial charge in [-0.1, -0.05) is 6.08 Å². The van der Waals surface area contributed by atoms with Crippen molar-refractivity contribution in [3.05, 3.63) is 12.7 Å². The lowest BCUT2D eigenvalue weighted by atomic mass is 10.1. The van der Waals surface area contributed by atoms with E-state index in [0.29, 0.717) is 32.5 Å². The minimum Gasteiger partial charge on any atom is -0.368 e. The van der Waals surface area contributed by atoms with Crippen molar-refractivity contribution in [2.45, 2.75) is 12.8 Å². The lowest BCUT2D eigenvalue weighted by Gasteiger charge is -2.25. The van der Waals surface area contributed by atoms with E-state index in [1.807, 2.05) is 0 Å². The first-order valence-corrected chi connectivity index (χ1v) is 4.72. The fraction of sp³-hybridized carbons (Fsp3) is 0.600. The summed E-state index contributed by atoms with van der Waals surface area (Å²) < 4.78 is 5.03. The maximum Gasteiger partial charge on any atom is 0.248 e. The van der Waals surface area contributed by atoms with E-state index in [9.17, 15) is 9.59 Å². The maximum absolute atomic E-state index is 11.4. The first-order chi connectivity index (χ1) is 6.74. The Hall–Kier alpha value is -1.16. The van der Waals surface area contributed by atoms with Crippen LogP contribution < -0.4 is 0 Å². The van der Waals surface area contributed by atoms with E-state index in [-0.39, 0.29) is 18.3 Å². The van der Waals surface area contributed by atoms with Gasteiger partial charge in [0.05, 0.1) is 6.61 Å². The van der Waals surface area contributed by atoms with Crippen molar-refractivity contribution in [2.75, 3.05) is 26.3 Å². The molecule has 0 aromatic carbocycles. The zero-order valence-electron chi connectivity index (χ0n) is 8.20. The molecular formula is C10H15NO3. The van der Waals surface area contributed by atoms with E-state index in [1.165, 1.54) is 0 Å². The number of hydrogen-bond acceptors (Lipinski definition) is 3. The molecule has 1 rings (SSSR count). The molecule has 0 aromatic rings. The van der Waals surface area contributed by atoms with Crippen LogP contribution in [0.1, 0.15) is 12.8 Å². The average Bonchev–Trinajstić information content (AvgIpc) is 2.19. The topological polar surface area (TPSA) is 46.6 Å².